The number of nitrogens with zero attached hydrogens (tertiary/aromatic N) is 1. The van der Waals surface area contributed by atoms with E-state index in [1.807, 2.05) is 17.3 Å². The summed E-state index contributed by atoms with van der Waals surface area (Å²) in [6, 6.07) is 2.94. The van der Waals surface area contributed by atoms with Gasteiger partial charge < -0.3 is 14.7 Å². The predicted molar refractivity (Wildman–Crippen MR) is 69.6 cm³/mol. The number of likely N-dealkylation sites (N-methyl/N-ethyl adjacent to an activating group) is 1. The highest BCUT2D eigenvalue weighted by molar-refractivity contribution is 5.83. The summed E-state index contributed by atoms with van der Waals surface area (Å²) in [6.07, 6.45) is -5.61. The summed E-state index contributed by atoms with van der Waals surface area (Å²) in [5, 5.41) is 10.6. The molecule has 2 rings (SSSR count). The second-order valence-corrected chi connectivity index (χ2v) is 4.93. The van der Waals surface area contributed by atoms with Gasteiger partial charge in [-0.05, 0) is 25.6 Å². The average molecular weight is 304 g/mol. The van der Waals surface area contributed by atoms with E-state index in [1.54, 1.807) is 0 Å². The monoisotopic (exact) mass is 304 g/mol. The number of carboxylic acid groups (broad SMARTS) is 1. The Labute approximate surface area is 119 Å². The number of ether oxygens (including phenoxy) is 1. The molecule has 1 aliphatic rings. The topological polar surface area (TPSA) is 61.8 Å². The number of hydrogen-bond acceptors (Lipinski definition) is 3. The first-order valence-electron chi connectivity index (χ1n) is 6.32. The zero-order valence-corrected chi connectivity index (χ0v) is 11.3. The molecule has 0 saturated carbocycles. The van der Waals surface area contributed by atoms with E-state index in [1.165, 1.54) is 0 Å². The molecule has 1 amide bonds. The second-order valence-electron chi connectivity index (χ2n) is 4.93. The van der Waals surface area contributed by atoms with Crippen LogP contribution in [0.5, 0.6) is 5.75 Å². The van der Waals surface area contributed by atoms with Crippen molar-refractivity contribution in [3.63, 3.8) is 0 Å². The number of carbonyl (C=O) groups is 1. The molecule has 1 aromatic rings. The zero-order valence-electron chi connectivity index (χ0n) is 11.3. The molecule has 0 bridgehead atoms. The third-order valence-corrected chi connectivity index (χ3v) is 3.18. The number of nitrogens with one attached hydrogen (secondary N) is 1. The van der Waals surface area contributed by atoms with Crippen LogP contribution in [0.25, 0.3) is 0 Å². The van der Waals surface area contributed by atoms with E-state index in [4.69, 9.17) is 9.84 Å². The zero-order chi connectivity index (χ0) is 15.6. The number of rotatable bonds is 3. The normalized spacial score (nSPS) is 19.5. The molecular weight excluding hydrogens is 289 g/mol. The molecule has 0 unspecified atom stereocenters. The minimum atomic E-state index is -4.55. The van der Waals surface area contributed by atoms with Gasteiger partial charge in [0.25, 0.3) is 0 Å². The van der Waals surface area contributed by atoms with Crippen LogP contribution in [-0.2, 0) is 6.18 Å². The summed E-state index contributed by atoms with van der Waals surface area (Å²) >= 11 is 0. The van der Waals surface area contributed by atoms with Crippen molar-refractivity contribution in [2.24, 2.45) is 0 Å². The van der Waals surface area contributed by atoms with Crippen LogP contribution in [0.3, 0.4) is 0 Å². The van der Waals surface area contributed by atoms with Crippen molar-refractivity contribution in [3.8, 4) is 5.75 Å². The van der Waals surface area contributed by atoms with E-state index in [2.05, 4.69) is 0 Å². The molecule has 1 heterocycles. The molecule has 21 heavy (non-hydrogen) atoms. The predicted octanol–water partition coefficient (Wildman–Crippen LogP) is 2.88. The lowest BCUT2D eigenvalue weighted by Crippen LogP contribution is -2.23. The summed E-state index contributed by atoms with van der Waals surface area (Å²) < 4.78 is 44.3. The third-order valence-electron chi connectivity index (χ3n) is 3.18. The van der Waals surface area contributed by atoms with Gasteiger partial charge in [-0.1, -0.05) is 0 Å². The molecule has 8 heteroatoms. The van der Waals surface area contributed by atoms with E-state index in [9.17, 15) is 18.0 Å². The van der Waals surface area contributed by atoms with Crippen molar-refractivity contribution in [1.82, 2.24) is 4.90 Å². The molecule has 1 aromatic carbocycles. The molecule has 1 saturated heterocycles. The van der Waals surface area contributed by atoms with Gasteiger partial charge in [-0.3, -0.25) is 5.32 Å². The Balaban J connectivity index is 2.27. The number of alkyl halides is 3. The highest BCUT2D eigenvalue weighted by Gasteiger charge is 2.35. The molecule has 0 radical (unpaired) electrons. The van der Waals surface area contributed by atoms with Crippen molar-refractivity contribution >= 4 is 11.8 Å². The molecule has 0 aliphatic carbocycles. The van der Waals surface area contributed by atoms with Crippen molar-refractivity contribution < 1.29 is 27.8 Å². The summed E-state index contributed by atoms with van der Waals surface area (Å²) in [4.78, 5) is 12.5. The number of likely N-dealkylation sites (tertiary alicyclic amines) is 1. The van der Waals surface area contributed by atoms with Crippen molar-refractivity contribution in [3.05, 3.63) is 23.8 Å². The van der Waals surface area contributed by atoms with Crippen LogP contribution in [0.1, 0.15) is 12.0 Å². The van der Waals surface area contributed by atoms with E-state index < -0.39 is 17.8 Å². The van der Waals surface area contributed by atoms with Gasteiger partial charge in [0.15, 0.2) is 0 Å². The fraction of sp³-hybridized carbons (Fsp3) is 0.462. The Morgan fingerprint density at radius 2 is 2.19 bits per heavy atom. The van der Waals surface area contributed by atoms with Crippen molar-refractivity contribution in [2.75, 3.05) is 25.5 Å². The third kappa shape index (κ3) is 4.01. The fourth-order valence-electron chi connectivity index (χ4n) is 2.23. The Morgan fingerprint density at radius 3 is 2.71 bits per heavy atom. The van der Waals surface area contributed by atoms with E-state index in [-0.39, 0.29) is 17.5 Å². The molecular formula is C13H15F3N2O3. The van der Waals surface area contributed by atoms with Crippen molar-refractivity contribution in [1.29, 1.82) is 0 Å². The standard InChI is InChI=1S/C13H15F3N2O3/c1-18-5-4-9(7-18)21-11-6-8(17-12(19)20)2-3-10(11)13(14,15)16/h2-3,6,9,17H,4-5,7H2,1H3,(H,19,20)/t9-/m1/s1. The molecule has 116 valence electrons. The number of halogens is 3. The second kappa shape index (κ2) is 5.80. The van der Waals surface area contributed by atoms with E-state index >= 15 is 0 Å². The SMILES string of the molecule is CN1CC[C@@H](Oc2cc(NC(=O)O)ccc2C(F)(F)F)C1. The summed E-state index contributed by atoms with van der Waals surface area (Å²) in [6.45, 7) is 1.28. The van der Waals surface area contributed by atoms with E-state index in [0.29, 0.717) is 13.0 Å². The first-order valence-corrected chi connectivity index (χ1v) is 6.32. The van der Waals surface area contributed by atoms with Gasteiger partial charge in [0.2, 0.25) is 0 Å². The Bertz CT molecular complexity index is 534. The van der Waals surface area contributed by atoms with Crippen LogP contribution in [0, 0.1) is 0 Å². The van der Waals surface area contributed by atoms with Gasteiger partial charge in [-0.2, -0.15) is 13.2 Å². The number of hydrogen-bond donors (Lipinski definition) is 2. The minimum Gasteiger partial charge on any atom is -0.488 e. The average Bonchev–Trinajstić information content (AvgIpc) is 2.72. The van der Waals surface area contributed by atoms with Crippen LogP contribution in [0.15, 0.2) is 18.2 Å². The lowest BCUT2D eigenvalue weighted by molar-refractivity contribution is -0.139. The van der Waals surface area contributed by atoms with Crippen molar-refractivity contribution in [2.45, 2.75) is 18.7 Å². The van der Waals surface area contributed by atoms with Crippen LogP contribution >= 0.6 is 0 Å². The summed E-state index contributed by atoms with van der Waals surface area (Å²) in [7, 11) is 1.86. The van der Waals surface area contributed by atoms with Crippen LogP contribution < -0.4 is 10.1 Å². The number of anilines is 1. The molecule has 5 nitrogen and oxygen atoms in total. The van der Waals surface area contributed by atoms with Crippen LogP contribution in [0.4, 0.5) is 23.7 Å². The molecule has 1 atom stereocenters. The molecule has 0 aromatic heterocycles. The molecule has 1 aliphatic heterocycles. The maximum Gasteiger partial charge on any atom is 0.419 e. The van der Waals surface area contributed by atoms with Gasteiger partial charge in [0.05, 0.1) is 5.56 Å². The minimum absolute atomic E-state index is 0.0388. The molecule has 1 fully saturated rings. The molecule has 2 N–H and O–H groups in total. The maximum atomic E-state index is 13.0. The fourth-order valence-corrected chi connectivity index (χ4v) is 2.23. The number of amides is 1. The van der Waals surface area contributed by atoms with Gasteiger partial charge >= 0.3 is 12.3 Å². The van der Waals surface area contributed by atoms with Crippen LogP contribution in [-0.4, -0.2) is 42.3 Å². The smallest absolute Gasteiger partial charge is 0.419 e. The first-order chi connectivity index (χ1) is 9.75. The van der Waals surface area contributed by atoms with Gasteiger partial charge in [-0.25, -0.2) is 4.79 Å². The summed E-state index contributed by atoms with van der Waals surface area (Å²) in [5.41, 5.74) is -0.871. The quantitative estimate of drug-likeness (QED) is 0.901. The van der Waals surface area contributed by atoms with Crippen LogP contribution in [0.2, 0.25) is 0 Å². The lowest BCUT2D eigenvalue weighted by atomic mass is 10.1. The Kier molecular flexibility index (Phi) is 4.26. The van der Waals surface area contributed by atoms with Gasteiger partial charge in [-0.15, -0.1) is 0 Å². The summed E-state index contributed by atoms with van der Waals surface area (Å²) in [5.74, 6) is -0.353. The highest BCUT2D eigenvalue weighted by Crippen LogP contribution is 2.38. The Morgan fingerprint density at radius 1 is 1.48 bits per heavy atom. The molecule has 0 spiro atoms. The van der Waals surface area contributed by atoms with E-state index in [0.717, 1.165) is 24.7 Å². The maximum absolute atomic E-state index is 13.0. The lowest BCUT2D eigenvalue weighted by Gasteiger charge is -2.19. The Hall–Kier alpha value is -1.96. The van der Waals surface area contributed by atoms with Gasteiger partial charge in [0.1, 0.15) is 11.9 Å². The first kappa shape index (κ1) is 15.4. The largest absolute Gasteiger partial charge is 0.488 e. The highest BCUT2D eigenvalue weighted by atomic mass is 19.4. The van der Waals surface area contributed by atoms with Gasteiger partial charge in [0, 0.05) is 24.8 Å². The number of benzene rings is 1.